The van der Waals surface area contributed by atoms with Gasteiger partial charge in [-0.15, -0.1) is 0 Å². The van der Waals surface area contributed by atoms with E-state index in [1.807, 2.05) is 85.1 Å². The summed E-state index contributed by atoms with van der Waals surface area (Å²) < 4.78 is 11.3. The number of aromatic nitrogens is 3. The van der Waals surface area contributed by atoms with Gasteiger partial charge in [-0.3, -0.25) is 4.98 Å². The van der Waals surface area contributed by atoms with Crippen molar-refractivity contribution in [2.45, 2.75) is 0 Å². The van der Waals surface area contributed by atoms with Gasteiger partial charge in [-0.05, 0) is 59.0 Å². The fourth-order valence-electron chi connectivity index (χ4n) is 10.2. The highest BCUT2D eigenvalue weighted by molar-refractivity contribution is 6.34. The van der Waals surface area contributed by atoms with Crippen LogP contribution < -0.4 is 0 Å². The number of para-hydroxylation sites is 2. The Hall–Kier alpha value is -8.71. The number of fused-ring (bicyclic) bond motifs is 10. The maximum atomic E-state index is 11.7. The molecule has 6 nitrogen and oxygen atoms in total. The summed E-state index contributed by atoms with van der Waals surface area (Å²) in [5.41, 5.74) is 11.5. The van der Waals surface area contributed by atoms with Crippen molar-refractivity contribution in [3.63, 3.8) is 0 Å². The Kier molecular flexibility index (Phi) is 6.76. The van der Waals surface area contributed by atoms with Gasteiger partial charge in [0, 0.05) is 55.0 Å². The van der Waals surface area contributed by atoms with Gasteiger partial charge in [0.15, 0.2) is 0 Å². The lowest BCUT2D eigenvalue weighted by Crippen LogP contribution is -2.08. The van der Waals surface area contributed by atoms with Crippen molar-refractivity contribution < 1.29 is 4.42 Å². The zero-order chi connectivity index (χ0) is 40.3. The van der Waals surface area contributed by atoms with E-state index in [9.17, 15) is 5.26 Å². The average molecular weight is 776 g/mol. The van der Waals surface area contributed by atoms with E-state index in [-0.39, 0.29) is 0 Å². The monoisotopic (exact) mass is 775 g/mol. The molecule has 0 saturated carbocycles. The fraction of sp³-hybridized carbons (Fsp3) is 0. The molecule has 13 rings (SSSR count). The maximum absolute atomic E-state index is 11.7. The van der Waals surface area contributed by atoms with Gasteiger partial charge in [0.1, 0.15) is 17.2 Å². The van der Waals surface area contributed by atoms with Crippen LogP contribution in [0.5, 0.6) is 0 Å². The Morgan fingerprint density at radius 1 is 0.492 bits per heavy atom. The van der Waals surface area contributed by atoms with Gasteiger partial charge in [0.2, 0.25) is 5.69 Å². The van der Waals surface area contributed by atoms with Crippen LogP contribution in [-0.2, 0) is 0 Å². The van der Waals surface area contributed by atoms with Gasteiger partial charge < -0.3 is 13.6 Å². The largest absolute Gasteiger partial charge is 0.455 e. The van der Waals surface area contributed by atoms with E-state index in [4.69, 9.17) is 16.0 Å². The number of hydrogen-bond acceptors (Lipinski definition) is 3. The van der Waals surface area contributed by atoms with Crippen molar-refractivity contribution in [1.82, 2.24) is 14.1 Å². The highest BCUT2D eigenvalue weighted by Gasteiger charge is 2.32. The SMILES string of the molecule is [C-]#[N+]c1c(-c2ccccc2)c(C#N)c(-n2c3ccccc3c3c4oc5ccccc5c4ccc32)c(-c2ccccc2)c1-n1c2cccc3c4cccnc4c4cccc1c4c32. The third-order valence-corrected chi connectivity index (χ3v) is 12.6. The van der Waals surface area contributed by atoms with Crippen LogP contribution in [-0.4, -0.2) is 14.1 Å². The van der Waals surface area contributed by atoms with Gasteiger partial charge in [-0.2, -0.15) is 5.26 Å². The number of furan rings is 1. The first-order valence-electron chi connectivity index (χ1n) is 20.2. The second-order valence-electron chi connectivity index (χ2n) is 15.5. The zero-order valence-electron chi connectivity index (χ0n) is 32.4. The first kappa shape index (κ1) is 33.3. The van der Waals surface area contributed by atoms with E-state index in [1.54, 1.807) is 0 Å². The highest BCUT2D eigenvalue weighted by Crippen LogP contribution is 2.53. The number of benzene rings is 9. The number of rotatable bonds is 4. The second-order valence-corrected chi connectivity index (χ2v) is 15.5. The molecule has 0 radical (unpaired) electrons. The van der Waals surface area contributed by atoms with Crippen LogP contribution in [0.4, 0.5) is 5.69 Å². The summed E-state index contributed by atoms with van der Waals surface area (Å²) >= 11 is 0. The van der Waals surface area contributed by atoms with Crippen LogP contribution in [0.15, 0.2) is 180 Å². The van der Waals surface area contributed by atoms with E-state index in [2.05, 4.69) is 111 Å². The molecule has 9 aromatic carbocycles. The van der Waals surface area contributed by atoms with Gasteiger partial charge in [0.25, 0.3) is 0 Å². The van der Waals surface area contributed by atoms with Crippen molar-refractivity contribution in [1.29, 1.82) is 5.26 Å². The molecule has 0 aliphatic rings. The summed E-state index contributed by atoms with van der Waals surface area (Å²) in [5, 5.41) is 21.2. The lowest BCUT2D eigenvalue weighted by atomic mass is 9.88. The summed E-state index contributed by atoms with van der Waals surface area (Å²) in [6, 6.07) is 60.6. The standard InChI is InChI=1S/C55H29N5O/c1-57-52-46(32-15-4-2-5-16-32)40(31-56)53(59-41-24-10-8-20-38(41)50-44(59)29-28-37-34-19-9-11-27-45(34)61-55(37)50)47(33-17-6-3-7-18-33)54(52)60-42-25-12-21-35-36-23-14-30-58-51(36)39-22-13-26-43(60)49(39)48(35)42/h2-30H. The van der Waals surface area contributed by atoms with Crippen LogP contribution in [0, 0.1) is 17.9 Å². The minimum Gasteiger partial charge on any atom is -0.455 e. The third-order valence-electron chi connectivity index (χ3n) is 12.6. The molecule has 0 N–H and O–H groups in total. The minimum absolute atomic E-state index is 0.398. The quantitative estimate of drug-likeness (QED) is 0.132. The molecule has 0 amide bonds. The van der Waals surface area contributed by atoms with Crippen molar-refractivity contribution in [3.05, 3.63) is 193 Å². The van der Waals surface area contributed by atoms with Crippen LogP contribution in [0.25, 0.3) is 126 Å². The Morgan fingerprint density at radius 2 is 1.08 bits per heavy atom. The fourth-order valence-corrected chi connectivity index (χ4v) is 10.2. The van der Waals surface area contributed by atoms with Crippen LogP contribution in [0.1, 0.15) is 5.56 Å². The average Bonchev–Trinajstić information content (AvgIpc) is 3.99. The first-order chi connectivity index (χ1) is 30.2. The Bertz CT molecular complexity index is 3980. The number of nitriles is 1. The first-order valence-corrected chi connectivity index (χ1v) is 20.2. The molecule has 280 valence electrons. The molecule has 13 aromatic rings. The van der Waals surface area contributed by atoms with Gasteiger partial charge in [-0.1, -0.05) is 127 Å². The van der Waals surface area contributed by atoms with E-state index in [0.717, 1.165) is 104 Å². The zero-order valence-corrected chi connectivity index (χ0v) is 32.4. The number of hydrogen-bond donors (Lipinski definition) is 0. The van der Waals surface area contributed by atoms with Crippen LogP contribution >= 0.6 is 0 Å². The van der Waals surface area contributed by atoms with Gasteiger partial charge >= 0.3 is 0 Å². The van der Waals surface area contributed by atoms with Crippen LogP contribution in [0.3, 0.4) is 0 Å². The Balaban J connectivity index is 1.31. The van der Waals surface area contributed by atoms with Crippen molar-refractivity contribution in [3.8, 4) is 39.7 Å². The lowest BCUT2D eigenvalue weighted by Gasteiger charge is -2.25. The predicted octanol–water partition coefficient (Wildman–Crippen LogP) is 14.7. The normalized spacial score (nSPS) is 11.9. The minimum atomic E-state index is 0.398. The third kappa shape index (κ3) is 4.35. The molecule has 0 unspecified atom stereocenters. The van der Waals surface area contributed by atoms with Crippen molar-refractivity contribution in [2.24, 2.45) is 0 Å². The van der Waals surface area contributed by atoms with Crippen LogP contribution in [0.2, 0.25) is 0 Å². The molecule has 4 aromatic heterocycles. The van der Waals surface area contributed by atoms with E-state index < -0.39 is 0 Å². The molecule has 0 atom stereocenters. The molecular formula is C55H29N5O. The van der Waals surface area contributed by atoms with Gasteiger partial charge in [0.05, 0.1) is 56.5 Å². The molecule has 4 heterocycles. The van der Waals surface area contributed by atoms with Gasteiger partial charge in [-0.25, -0.2) is 4.85 Å². The summed E-state index contributed by atoms with van der Waals surface area (Å²) in [6.45, 7) is 9.15. The smallest absolute Gasteiger partial charge is 0.220 e. The lowest BCUT2D eigenvalue weighted by molar-refractivity contribution is 0.673. The summed E-state index contributed by atoms with van der Waals surface area (Å²) in [4.78, 5) is 9.39. The Morgan fingerprint density at radius 3 is 1.84 bits per heavy atom. The molecule has 61 heavy (non-hydrogen) atoms. The molecule has 0 aliphatic carbocycles. The molecule has 6 heteroatoms. The topological polar surface area (TPSA) is 64.0 Å². The molecule has 0 saturated heterocycles. The second kappa shape index (κ2) is 12.4. The summed E-state index contributed by atoms with van der Waals surface area (Å²) in [6.07, 6.45) is 1.86. The highest BCUT2D eigenvalue weighted by atomic mass is 16.3. The molecule has 0 bridgehead atoms. The van der Waals surface area contributed by atoms with Crippen molar-refractivity contribution >= 4 is 92.9 Å². The maximum Gasteiger partial charge on any atom is 0.220 e. The van der Waals surface area contributed by atoms with Crippen molar-refractivity contribution in [2.75, 3.05) is 0 Å². The van der Waals surface area contributed by atoms with E-state index in [0.29, 0.717) is 28.2 Å². The molecule has 0 fully saturated rings. The van der Waals surface area contributed by atoms with E-state index >= 15 is 0 Å². The predicted molar refractivity (Wildman–Crippen MR) is 248 cm³/mol. The molecule has 0 aliphatic heterocycles. The number of pyridine rings is 1. The Labute approximate surface area is 348 Å². The summed E-state index contributed by atoms with van der Waals surface area (Å²) in [7, 11) is 0. The molecule has 0 spiro atoms. The number of nitrogens with zero attached hydrogens (tertiary/aromatic N) is 5. The molecular weight excluding hydrogens is 747 g/mol. The van der Waals surface area contributed by atoms with E-state index in [1.165, 1.54) is 0 Å². The summed E-state index contributed by atoms with van der Waals surface area (Å²) in [5.74, 6) is 0.